The number of nitrogens with zero attached hydrogens (tertiary/aromatic N) is 1. The van der Waals surface area contributed by atoms with E-state index in [9.17, 15) is 8.78 Å². The van der Waals surface area contributed by atoms with Crippen LogP contribution in [0.4, 0.5) is 8.78 Å². The second kappa shape index (κ2) is 4.70. The van der Waals surface area contributed by atoms with Crippen molar-refractivity contribution < 1.29 is 8.78 Å². The van der Waals surface area contributed by atoms with Crippen molar-refractivity contribution in [3.63, 3.8) is 0 Å². The number of alkyl halides is 3. The molecule has 1 nitrogen and oxygen atoms in total. The Balaban J connectivity index is 3.27. The molecule has 0 fully saturated rings. The molecule has 72 valence electrons. The van der Waals surface area contributed by atoms with Crippen molar-refractivity contribution in [3.8, 4) is 0 Å². The molecular formula is C7H4Cl2F2IN. The van der Waals surface area contributed by atoms with Crippen molar-refractivity contribution in [2.24, 2.45) is 0 Å². The third-order valence-corrected chi connectivity index (χ3v) is 3.08. The molecule has 0 saturated carbocycles. The van der Waals surface area contributed by atoms with Crippen molar-refractivity contribution in [2.45, 2.75) is 12.3 Å². The van der Waals surface area contributed by atoms with E-state index in [1.165, 1.54) is 0 Å². The highest BCUT2D eigenvalue weighted by Gasteiger charge is 2.16. The minimum absolute atomic E-state index is 0.0476. The molecular weight excluding hydrogens is 334 g/mol. The fourth-order valence-electron chi connectivity index (χ4n) is 0.816. The summed E-state index contributed by atoms with van der Waals surface area (Å²) in [5.41, 5.74) is 0.279. The van der Waals surface area contributed by atoms with Crippen molar-refractivity contribution in [3.05, 3.63) is 26.0 Å². The molecule has 1 aromatic heterocycles. The van der Waals surface area contributed by atoms with Gasteiger partial charge in [-0.1, -0.05) is 11.6 Å². The SMILES string of the molecule is FC(F)c1cc(Cl)nc(CCl)c1I. The average Bonchev–Trinajstić information content (AvgIpc) is 2.08. The molecule has 0 bridgehead atoms. The summed E-state index contributed by atoms with van der Waals surface area (Å²) in [7, 11) is 0. The molecule has 0 spiro atoms. The molecule has 1 rings (SSSR count). The Morgan fingerprint density at radius 3 is 2.62 bits per heavy atom. The Morgan fingerprint density at radius 1 is 1.54 bits per heavy atom. The van der Waals surface area contributed by atoms with Crippen LogP contribution in [-0.4, -0.2) is 4.98 Å². The van der Waals surface area contributed by atoms with Crippen LogP contribution in [-0.2, 0) is 5.88 Å². The highest BCUT2D eigenvalue weighted by atomic mass is 127. The van der Waals surface area contributed by atoms with Gasteiger partial charge < -0.3 is 0 Å². The average molecular weight is 338 g/mol. The molecule has 6 heteroatoms. The molecule has 0 unspecified atom stereocenters. The van der Waals surface area contributed by atoms with Gasteiger partial charge in [-0.15, -0.1) is 11.6 Å². The van der Waals surface area contributed by atoms with E-state index < -0.39 is 6.43 Å². The number of aromatic nitrogens is 1. The van der Waals surface area contributed by atoms with E-state index in [0.29, 0.717) is 9.26 Å². The molecule has 0 atom stereocenters. The van der Waals surface area contributed by atoms with E-state index in [1.807, 2.05) is 0 Å². The number of rotatable bonds is 2. The lowest BCUT2D eigenvalue weighted by molar-refractivity contribution is 0.150. The maximum Gasteiger partial charge on any atom is 0.265 e. The smallest absolute Gasteiger partial charge is 0.239 e. The first-order valence-electron chi connectivity index (χ1n) is 3.25. The lowest BCUT2D eigenvalue weighted by Gasteiger charge is -2.06. The first kappa shape index (κ1) is 11.4. The van der Waals surface area contributed by atoms with Gasteiger partial charge in [-0.2, -0.15) is 0 Å². The van der Waals surface area contributed by atoms with E-state index in [1.54, 1.807) is 22.6 Å². The summed E-state index contributed by atoms with van der Waals surface area (Å²) < 4.78 is 25.2. The van der Waals surface area contributed by atoms with Gasteiger partial charge in [0.2, 0.25) is 0 Å². The van der Waals surface area contributed by atoms with E-state index in [4.69, 9.17) is 23.2 Å². The number of halogens is 5. The molecule has 0 amide bonds. The largest absolute Gasteiger partial charge is 0.265 e. The minimum atomic E-state index is -2.55. The van der Waals surface area contributed by atoms with Gasteiger partial charge in [-0.05, 0) is 28.7 Å². The molecule has 13 heavy (non-hydrogen) atoms. The second-order valence-electron chi connectivity index (χ2n) is 2.23. The van der Waals surface area contributed by atoms with Gasteiger partial charge in [0.1, 0.15) is 5.15 Å². The molecule has 0 N–H and O–H groups in total. The first-order chi connectivity index (χ1) is 6.06. The van der Waals surface area contributed by atoms with Crippen LogP contribution in [0, 0.1) is 3.57 Å². The highest BCUT2D eigenvalue weighted by Crippen LogP contribution is 2.28. The Labute approximate surface area is 97.6 Å². The van der Waals surface area contributed by atoms with Crippen LogP contribution in [0.2, 0.25) is 5.15 Å². The molecule has 1 aromatic rings. The number of hydrogen-bond acceptors (Lipinski definition) is 1. The van der Waals surface area contributed by atoms with Crippen LogP contribution in [0.1, 0.15) is 17.7 Å². The molecule has 0 aliphatic heterocycles. The molecule has 0 aromatic carbocycles. The highest BCUT2D eigenvalue weighted by molar-refractivity contribution is 14.1. The van der Waals surface area contributed by atoms with Gasteiger partial charge in [0, 0.05) is 9.13 Å². The molecule has 0 saturated heterocycles. The van der Waals surface area contributed by atoms with Crippen LogP contribution in [0.15, 0.2) is 6.07 Å². The Morgan fingerprint density at radius 2 is 2.15 bits per heavy atom. The van der Waals surface area contributed by atoms with Crippen LogP contribution in [0.25, 0.3) is 0 Å². The van der Waals surface area contributed by atoms with Crippen LogP contribution in [0.5, 0.6) is 0 Å². The van der Waals surface area contributed by atoms with Crippen molar-refractivity contribution in [1.82, 2.24) is 4.98 Å². The van der Waals surface area contributed by atoms with Gasteiger partial charge in [0.05, 0.1) is 11.6 Å². The van der Waals surface area contributed by atoms with Crippen LogP contribution >= 0.6 is 45.8 Å². The quantitative estimate of drug-likeness (QED) is 0.451. The standard InChI is InChI=1S/C7H4Cl2F2IN/c8-2-4-6(12)3(7(10)11)1-5(9)13-4/h1,7H,2H2. The predicted octanol–water partition coefficient (Wildman–Crippen LogP) is 4.02. The summed E-state index contributed by atoms with van der Waals surface area (Å²) in [4.78, 5) is 3.83. The predicted molar refractivity (Wildman–Crippen MR) is 56.5 cm³/mol. The number of pyridine rings is 1. The summed E-state index contributed by atoms with van der Waals surface area (Å²) in [5.74, 6) is 0.0819. The summed E-state index contributed by atoms with van der Waals surface area (Å²) >= 11 is 12.8. The second-order valence-corrected chi connectivity index (χ2v) is 3.96. The topological polar surface area (TPSA) is 12.9 Å². The van der Waals surface area contributed by atoms with Crippen LogP contribution < -0.4 is 0 Å². The van der Waals surface area contributed by atoms with E-state index >= 15 is 0 Å². The first-order valence-corrected chi connectivity index (χ1v) is 5.24. The van der Waals surface area contributed by atoms with Gasteiger partial charge in [0.25, 0.3) is 6.43 Å². The Kier molecular flexibility index (Phi) is 4.12. The molecule has 1 heterocycles. The van der Waals surface area contributed by atoms with Crippen LogP contribution in [0.3, 0.4) is 0 Å². The monoisotopic (exact) mass is 337 g/mol. The lowest BCUT2D eigenvalue weighted by Crippen LogP contribution is -1.98. The van der Waals surface area contributed by atoms with Gasteiger partial charge in [0.15, 0.2) is 0 Å². The van der Waals surface area contributed by atoms with Crippen molar-refractivity contribution in [2.75, 3.05) is 0 Å². The normalized spacial score (nSPS) is 10.9. The fraction of sp³-hybridized carbons (Fsp3) is 0.286. The van der Waals surface area contributed by atoms with Gasteiger partial charge in [-0.3, -0.25) is 0 Å². The van der Waals surface area contributed by atoms with E-state index in [0.717, 1.165) is 6.07 Å². The summed E-state index contributed by atoms with van der Waals surface area (Å²) in [6.45, 7) is 0. The zero-order chi connectivity index (χ0) is 10.0. The summed E-state index contributed by atoms with van der Waals surface area (Å²) in [5, 5.41) is 0.0476. The van der Waals surface area contributed by atoms with E-state index in [2.05, 4.69) is 4.98 Å². The Hall–Kier alpha value is 0.320. The van der Waals surface area contributed by atoms with Gasteiger partial charge in [-0.25, -0.2) is 13.8 Å². The molecule has 0 radical (unpaired) electrons. The molecule has 0 aliphatic carbocycles. The maximum atomic E-state index is 12.4. The van der Waals surface area contributed by atoms with Crippen molar-refractivity contribution in [1.29, 1.82) is 0 Å². The zero-order valence-corrected chi connectivity index (χ0v) is 9.87. The third-order valence-electron chi connectivity index (χ3n) is 1.38. The number of hydrogen-bond donors (Lipinski definition) is 0. The van der Waals surface area contributed by atoms with Crippen molar-refractivity contribution >= 4 is 45.8 Å². The molecule has 0 aliphatic rings. The van der Waals surface area contributed by atoms with Gasteiger partial charge >= 0.3 is 0 Å². The zero-order valence-electron chi connectivity index (χ0n) is 6.20. The van der Waals surface area contributed by atoms with E-state index in [-0.39, 0.29) is 16.6 Å². The maximum absolute atomic E-state index is 12.4. The lowest BCUT2D eigenvalue weighted by atomic mass is 10.2. The fourth-order valence-corrected chi connectivity index (χ4v) is 2.16. The minimum Gasteiger partial charge on any atom is -0.239 e. The third kappa shape index (κ3) is 2.63. The summed E-state index contributed by atoms with van der Waals surface area (Å²) in [6, 6.07) is 1.16. The Bertz CT molecular complexity index is 320. The summed E-state index contributed by atoms with van der Waals surface area (Å²) in [6.07, 6.45) is -2.55.